The van der Waals surface area contributed by atoms with E-state index in [0.717, 1.165) is 24.1 Å². The number of nitrogens with one attached hydrogen (secondary N) is 1. The van der Waals surface area contributed by atoms with E-state index in [9.17, 15) is 8.42 Å². The van der Waals surface area contributed by atoms with Crippen LogP contribution in [0.2, 0.25) is 0 Å². The van der Waals surface area contributed by atoms with Crippen molar-refractivity contribution in [3.8, 4) is 0 Å². The molecule has 20 heavy (non-hydrogen) atoms. The summed E-state index contributed by atoms with van der Waals surface area (Å²) in [5.74, 6) is 0.519. The second-order valence-corrected chi connectivity index (χ2v) is 8.63. The Kier molecular flexibility index (Phi) is 5.23. The Morgan fingerprint density at radius 3 is 2.70 bits per heavy atom. The molecule has 1 fully saturated rings. The van der Waals surface area contributed by atoms with Crippen LogP contribution in [-0.4, -0.2) is 32.4 Å². The molecule has 1 N–H and O–H groups in total. The summed E-state index contributed by atoms with van der Waals surface area (Å²) in [6.07, 6.45) is 2.92. The fourth-order valence-corrected chi connectivity index (χ4v) is 5.35. The number of thiophene rings is 1. The highest BCUT2D eigenvalue weighted by molar-refractivity contribution is 7.89. The van der Waals surface area contributed by atoms with E-state index in [1.807, 2.05) is 12.4 Å². The van der Waals surface area contributed by atoms with Gasteiger partial charge in [0, 0.05) is 24.0 Å². The maximum atomic E-state index is 12.9. The van der Waals surface area contributed by atoms with Crippen molar-refractivity contribution < 1.29 is 8.42 Å². The third-order valence-corrected chi connectivity index (χ3v) is 6.60. The number of rotatable bonds is 8. The van der Waals surface area contributed by atoms with Crippen molar-refractivity contribution in [2.24, 2.45) is 5.92 Å². The molecule has 0 bridgehead atoms. The lowest BCUT2D eigenvalue weighted by Gasteiger charge is -2.23. The first kappa shape index (κ1) is 15.9. The van der Waals surface area contributed by atoms with Gasteiger partial charge in [-0.3, -0.25) is 0 Å². The molecule has 0 unspecified atom stereocenters. The molecule has 0 aromatic carbocycles. The normalized spacial score (nSPS) is 16.2. The SMILES string of the molecule is CNCc1sccc1S(=O)(=O)N(CCC(C)C)C1CC1. The van der Waals surface area contributed by atoms with E-state index < -0.39 is 10.0 Å². The molecule has 1 aliphatic rings. The molecule has 0 radical (unpaired) electrons. The molecule has 6 heteroatoms. The minimum Gasteiger partial charge on any atom is -0.315 e. The van der Waals surface area contributed by atoms with Crippen molar-refractivity contribution in [3.63, 3.8) is 0 Å². The minimum atomic E-state index is -3.34. The van der Waals surface area contributed by atoms with Crippen molar-refractivity contribution in [3.05, 3.63) is 16.3 Å². The van der Waals surface area contributed by atoms with Crippen LogP contribution >= 0.6 is 11.3 Å². The Balaban J connectivity index is 2.23. The van der Waals surface area contributed by atoms with Crippen molar-refractivity contribution in [1.29, 1.82) is 0 Å². The first-order chi connectivity index (χ1) is 9.46. The molecule has 1 heterocycles. The van der Waals surface area contributed by atoms with Crippen LogP contribution in [0.3, 0.4) is 0 Å². The number of hydrogen-bond acceptors (Lipinski definition) is 4. The molecule has 1 aromatic rings. The van der Waals surface area contributed by atoms with E-state index in [0.29, 0.717) is 23.9 Å². The van der Waals surface area contributed by atoms with Gasteiger partial charge in [0.25, 0.3) is 0 Å². The highest BCUT2D eigenvalue weighted by atomic mass is 32.2. The smallest absolute Gasteiger partial charge is 0.244 e. The van der Waals surface area contributed by atoms with E-state index in [4.69, 9.17) is 0 Å². The molecule has 1 saturated carbocycles. The van der Waals surface area contributed by atoms with E-state index in [1.165, 1.54) is 11.3 Å². The van der Waals surface area contributed by atoms with Gasteiger partial charge in [-0.15, -0.1) is 11.3 Å². The predicted molar refractivity (Wildman–Crippen MR) is 83.5 cm³/mol. The van der Waals surface area contributed by atoms with E-state index in [2.05, 4.69) is 19.2 Å². The molecule has 114 valence electrons. The summed E-state index contributed by atoms with van der Waals surface area (Å²) in [6.45, 7) is 5.51. The Hall–Kier alpha value is -0.430. The zero-order chi connectivity index (χ0) is 14.8. The molecule has 2 rings (SSSR count). The van der Waals surface area contributed by atoms with Crippen molar-refractivity contribution in [2.45, 2.75) is 50.6 Å². The van der Waals surface area contributed by atoms with Crippen LogP contribution in [0.4, 0.5) is 0 Å². The maximum absolute atomic E-state index is 12.9. The second kappa shape index (κ2) is 6.56. The number of sulfonamides is 1. The van der Waals surface area contributed by atoms with Gasteiger partial charge in [0.15, 0.2) is 0 Å². The van der Waals surface area contributed by atoms with Gasteiger partial charge < -0.3 is 5.32 Å². The third kappa shape index (κ3) is 3.61. The molecule has 0 atom stereocenters. The Morgan fingerprint density at radius 2 is 2.15 bits per heavy atom. The number of nitrogens with zero attached hydrogens (tertiary/aromatic N) is 1. The summed E-state index contributed by atoms with van der Waals surface area (Å²) in [5.41, 5.74) is 0. The lowest BCUT2D eigenvalue weighted by atomic mass is 10.1. The van der Waals surface area contributed by atoms with E-state index >= 15 is 0 Å². The average Bonchev–Trinajstić information content (AvgIpc) is 3.07. The monoisotopic (exact) mass is 316 g/mol. The van der Waals surface area contributed by atoms with Crippen LogP contribution in [0.15, 0.2) is 16.3 Å². The molecule has 0 spiro atoms. The highest BCUT2D eigenvalue weighted by Gasteiger charge is 2.38. The van der Waals surface area contributed by atoms with Gasteiger partial charge in [-0.25, -0.2) is 8.42 Å². The largest absolute Gasteiger partial charge is 0.315 e. The summed E-state index contributed by atoms with van der Waals surface area (Å²) in [7, 11) is -1.50. The minimum absolute atomic E-state index is 0.223. The molecule has 1 aromatic heterocycles. The number of hydrogen-bond donors (Lipinski definition) is 1. The van der Waals surface area contributed by atoms with Crippen LogP contribution in [0, 0.1) is 5.92 Å². The summed E-state index contributed by atoms with van der Waals surface area (Å²) in [5, 5.41) is 4.91. The van der Waals surface area contributed by atoms with Gasteiger partial charge in [0.05, 0.1) is 4.90 Å². The molecule has 0 amide bonds. The molecular formula is C14H24N2O2S2. The lowest BCUT2D eigenvalue weighted by molar-refractivity contribution is 0.373. The van der Waals surface area contributed by atoms with E-state index in [1.54, 1.807) is 10.4 Å². The summed E-state index contributed by atoms with van der Waals surface area (Å²) >= 11 is 1.51. The Labute approximate surface area is 126 Å². The Bertz CT molecular complexity index is 533. The van der Waals surface area contributed by atoms with Gasteiger partial charge in [-0.2, -0.15) is 4.31 Å². The van der Waals surface area contributed by atoms with Crippen molar-refractivity contribution in [1.82, 2.24) is 9.62 Å². The van der Waals surface area contributed by atoms with Crippen LogP contribution in [0.25, 0.3) is 0 Å². The fourth-order valence-electron chi connectivity index (χ4n) is 2.22. The first-order valence-electron chi connectivity index (χ1n) is 7.19. The maximum Gasteiger partial charge on any atom is 0.244 e. The van der Waals surface area contributed by atoms with E-state index in [-0.39, 0.29) is 6.04 Å². The Morgan fingerprint density at radius 1 is 1.45 bits per heavy atom. The van der Waals surface area contributed by atoms with Gasteiger partial charge in [-0.05, 0) is 43.7 Å². The van der Waals surface area contributed by atoms with Crippen LogP contribution < -0.4 is 5.32 Å². The van der Waals surface area contributed by atoms with Gasteiger partial charge >= 0.3 is 0 Å². The van der Waals surface area contributed by atoms with Gasteiger partial charge in [0.1, 0.15) is 0 Å². The topological polar surface area (TPSA) is 49.4 Å². The molecule has 0 aliphatic heterocycles. The molecular weight excluding hydrogens is 292 g/mol. The highest BCUT2D eigenvalue weighted by Crippen LogP contribution is 2.34. The summed E-state index contributed by atoms with van der Waals surface area (Å²) in [4.78, 5) is 1.40. The molecule has 4 nitrogen and oxygen atoms in total. The fraction of sp³-hybridized carbons (Fsp3) is 0.714. The van der Waals surface area contributed by atoms with Gasteiger partial charge in [-0.1, -0.05) is 13.8 Å². The zero-order valence-electron chi connectivity index (χ0n) is 12.4. The van der Waals surface area contributed by atoms with Crippen LogP contribution in [-0.2, 0) is 16.6 Å². The van der Waals surface area contributed by atoms with Crippen molar-refractivity contribution >= 4 is 21.4 Å². The van der Waals surface area contributed by atoms with Crippen molar-refractivity contribution in [2.75, 3.05) is 13.6 Å². The molecule has 0 saturated heterocycles. The molecule has 1 aliphatic carbocycles. The van der Waals surface area contributed by atoms with Crippen LogP contribution in [0.1, 0.15) is 38.0 Å². The predicted octanol–water partition coefficient (Wildman–Crippen LogP) is 2.67. The quantitative estimate of drug-likeness (QED) is 0.802. The standard InChI is InChI=1S/C14H24N2O2S2/c1-11(2)6-8-16(12-4-5-12)20(17,18)14-7-9-19-13(14)10-15-3/h7,9,11-12,15H,4-6,8,10H2,1-3H3. The zero-order valence-corrected chi connectivity index (χ0v) is 14.1. The summed E-state index contributed by atoms with van der Waals surface area (Å²) < 4.78 is 27.5. The third-order valence-electron chi connectivity index (χ3n) is 3.51. The first-order valence-corrected chi connectivity index (χ1v) is 9.51. The van der Waals surface area contributed by atoms with Gasteiger partial charge in [0.2, 0.25) is 10.0 Å². The van der Waals surface area contributed by atoms with Crippen LogP contribution in [0.5, 0.6) is 0 Å². The average molecular weight is 316 g/mol. The second-order valence-electron chi connectivity index (χ2n) is 5.77. The lowest BCUT2D eigenvalue weighted by Crippen LogP contribution is -2.35. The summed E-state index contributed by atoms with van der Waals surface area (Å²) in [6, 6.07) is 1.97.